The molecule has 12 aromatic rings. The molecule has 0 atom stereocenters. The predicted molar refractivity (Wildman–Crippen MR) is 256 cm³/mol. The van der Waals surface area contributed by atoms with Crippen LogP contribution in [0, 0.1) is 0 Å². The van der Waals surface area contributed by atoms with E-state index in [0.29, 0.717) is 6.54 Å². The fourth-order valence-electron chi connectivity index (χ4n) is 9.87. The predicted octanol–water partition coefficient (Wildman–Crippen LogP) is 11.1. The largest absolute Gasteiger partial charge is 0.454 e. The average Bonchev–Trinajstić information content (AvgIpc) is 4.00. The highest BCUT2D eigenvalue weighted by Gasteiger charge is 2.41. The molecule has 0 aliphatic heterocycles. The lowest BCUT2D eigenvalue weighted by Gasteiger charge is -2.34. The molecule has 0 radical (unpaired) electrons. The van der Waals surface area contributed by atoms with Crippen molar-refractivity contribution in [1.82, 2.24) is 14.3 Å². The summed E-state index contributed by atoms with van der Waals surface area (Å²) in [6.07, 6.45) is 0. The molecular formula is C56H39N3OSi. The molecule has 4 nitrogen and oxygen atoms in total. The summed E-state index contributed by atoms with van der Waals surface area (Å²) in [6.45, 7) is 0.627. The Morgan fingerprint density at radius 1 is 0.426 bits per heavy atom. The van der Waals surface area contributed by atoms with Crippen LogP contribution in [0.3, 0.4) is 0 Å². The van der Waals surface area contributed by atoms with Crippen molar-refractivity contribution < 1.29 is 4.42 Å². The first-order valence-electron chi connectivity index (χ1n) is 20.9. The minimum Gasteiger partial charge on any atom is -0.454 e. The first-order chi connectivity index (χ1) is 30.3. The summed E-state index contributed by atoms with van der Waals surface area (Å²) >= 11 is 0. The molecule has 61 heavy (non-hydrogen) atoms. The van der Waals surface area contributed by atoms with Gasteiger partial charge in [-0.3, -0.25) is 4.68 Å². The lowest BCUT2D eigenvalue weighted by Crippen LogP contribution is -2.74. The zero-order chi connectivity index (χ0) is 40.3. The Morgan fingerprint density at radius 3 is 1.74 bits per heavy atom. The van der Waals surface area contributed by atoms with Crippen LogP contribution in [-0.2, 0) is 6.54 Å². The van der Waals surface area contributed by atoms with Gasteiger partial charge >= 0.3 is 0 Å². The molecule has 0 aliphatic rings. The van der Waals surface area contributed by atoms with Crippen molar-refractivity contribution in [2.45, 2.75) is 6.54 Å². The molecule has 3 heterocycles. The molecule has 0 saturated carbocycles. The van der Waals surface area contributed by atoms with E-state index < -0.39 is 8.07 Å². The van der Waals surface area contributed by atoms with Gasteiger partial charge in [0.25, 0.3) is 0 Å². The monoisotopic (exact) mass is 797 g/mol. The fourth-order valence-corrected chi connectivity index (χ4v) is 14.6. The Hall–Kier alpha value is -7.73. The van der Waals surface area contributed by atoms with E-state index in [0.717, 1.165) is 71.8 Å². The zero-order valence-corrected chi connectivity index (χ0v) is 34.3. The van der Waals surface area contributed by atoms with E-state index in [4.69, 9.17) is 9.52 Å². The minimum atomic E-state index is -2.79. The third-order valence-electron chi connectivity index (χ3n) is 12.5. The molecule has 0 aliphatic carbocycles. The zero-order valence-electron chi connectivity index (χ0n) is 33.3. The third kappa shape index (κ3) is 5.55. The number of nitrogens with zero attached hydrogens (tertiary/aromatic N) is 3. The van der Waals surface area contributed by atoms with Crippen LogP contribution in [0.5, 0.6) is 0 Å². The van der Waals surface area contributed by atoms with Crippen LogP contribution in [0.1, 0.15) is 5.56 Å². The average molecular weight is 798 g/mol. The number of rotatable bonds is 8. The number of hydrogen-bond donors (Lipinski definition) is 0. The molecule has 0 bridgehead atoms. The van der Waals surface area contributed by atoms with Crippen LogP contribution < -0.4 is 20.7 Å². The maximum absolute atomic E-state index is 6.86. The van der Waals surface area contributed by atoms with Crippen molar-refractivity contribution >= 4 is 83.5 Å². The molecular weight excluding hydrogens is 759 g/mol. The Kier molecular flexibility index (Phi) is 8.22. The summed E-state index contributed by atoms with van der Waals surface area (Å²) < 4.78 is 11.4. The van der Waals surface area contributed by atoms with Crippen LogP contribution in [-0.4, -0.2) is 22.4 Å². The van der Waals surface area contributed by atoms with Crippen LogP contribution in [0.15, 0.2) is 229 Å². The Balaban J connectivity index is 1.11. The van der Waals surface area contributed by atoms with E-state index in [1.165, 1.54) is 26.1 Å². The molecule has 0 unspecified atom stereocenters. The normalized spacial score (nSPS) is 12.0. The lowest BCUT2D eigenvalue weighted by atomic mass is 10.1. The van der Waals surface area contributed by atoms with Crippen molar-refractivity contribution in [3.05, 3.63) is 230 Å². The Labute approximate surface area is 354 Å². The summed E-state index contributed by atoms with van der Waals surface area (Å²) in [5, 5.41) is 16.4. The summed E-state index contributed by atoms with van der Waals surface area (Å²) in [7, 11) is -2.79. The minimum absolute atomic E-state index is 0.627. The highest BCUT2D eigenvalue weighted by atomic mass is 28.3. The first-order valence-corrected chi connectivity index (χ1v) is 22.9. The van der Waals surface area contributed by atoms with Gasteiger partial charge in [-0.2, -0.15) is 5.10 Å². The molecule has 0 spiro atoms. The molecule has 0 N–H and O–H groups in total. The molecule has 12 rings (SSSR count). The van der Waals surface area contributed by atoms with Crippen LogP contribution in [0.4, 0.5) is 0 Å². The number of furan rings is 1. The summed E-state index contributed by atoms with van der Waals surface area (Å²) in [5.74, 6) is 0. The Morgan fingerprint density at radius 2 is 1.03 bits per heavy atom. The molecule has 0 fully saturated rings. The van der Waals surface area contributed by atoms with E-state index in [-0.39, 0.29) is 0 Å². The number of fused-ring (bicyclic) bond motifs is 8. The number of benzene rings is 9. The van der Waals surface area contributed by atoms with Crippen molar-refractivity contribution in [2.75, 3.05) is 0 Å². The molecule has 5 heteroatoms. The summed E-state index contributed by atoms with van der Waals surface area (Å²) in [5.41, 5.74) is 9.46. The quantitative estimate of drug-likeness (QED) is 0.113. The lowest BCUT2D eigenvalue weighted by molar-refractivity contribution is 0.671. The molecule has 3 aromatic heterocycles. The fraction of sp³-hybridized carbons (Fsp3) is 0.0179. The molecule has 0 saturated heterocycles. The van der Waals surface area contributed by atoms with E-state index >= 15 is 0 Å². The van der Waals surface area contributed by atoms with Crippen LogP contribution >= 0.6 is 0 Å². The standard InChI is InChI=1S/C56H39N3OSi/c1-5-19-40(20-6-1)54-49-29-13-15-30-51(49)58(57-54)38-39-18-17-21-41(36-39)59-52-35-32-45(37-50(52)47-33-34-48-46-28-14-16-31-53(46)60-56(48)55(47)59)61(42-22-7-2-8-23-42,43-24-9-3-10-25-43)44-26-11-4-12-27-44/h1-37H,38H2. The van der Waals surface area contributed by atoms with Gasteiger partial charge in [-0.15, -0.1) is 0 Å². The van der Waals surface area contributed by atoms with Crippen molar-refractivity contribution in [3.8, 4) is 16.9 Å². The van der Waals surface area contributed by atoms with Gasteiger partial charge in [-0.05, 0) is 62.7 Å². The van der Waals surface area contributed by atoms with E-state index in [1.54, 1.807) is 0 Å². The smallest absolute Gasteiger partial charge is 0.179 e. The van der Waals surface area contributed by atoms with Gasteiger partial charge in [0.2, 0.25) is 0 Å². The van der Waals surface area contributed by atoms with Crippen LogP contribution in [0.25, 0.3) is 71.6 Å². The number of aromatic nitrogens is 3. The van der Waals surface area contributed by atoms with Crippen molar-refractivity contribution in [3.63, 3.8) is 0 Å². The second kappa shape index (κ2) is 14.2. The van der Waals surface area contributed by atoms with Crippen LogP contribution in [0.2, 0.25) is 0 Å². The maximum Gasteiger partial charge on any atom is 0.179 e. The van der Waals surface area contributed by atoms with Gasteiger partial charge in [0.05, 0.1) is 23.1 Å². The number of para-hydroxylation sites is 2. The van der Waals surface area contributed by atoms with E-state index in [9.17, 15) is 0 Å². The third-order valence-corrected chi connectivity index (χ3v) is 17.3. The number of hydrogen-bond acceptors (Lipinski definition) is 2. The van der Waals surface area contributed by atoms with Gasteiger partial charge in [0.1, 0.15) is 11.3 Å². The SMILES string of the molecule is c1ccc(-c2nn(Cc3cccc(-n4c5ccc([Si](c6ccccc6)(c6ccccc6)c6ccccc6)cc5c5ccc6c7ccccc7oc6c54)c3)c3ccccc23)cc1. The maximum atomic E-state index is 6.86. The van der Waals surface area contributed by atoms with Gasteiger partial charge in [0, 0.05) is 38.2 Å². The van der Waals surface area contributed by atoms with Gasteiger partial charge in [-0.25, -0.2) is 0 Å². The topological polar surface area (TPSA) is 35.9 Å². The van der Waals surface area contributed by atoms with Gasteiger partial charge in [-0.1, -0.05) is 188 Å². The van der Waals surface area contributed by atoms with E-state index in [2.05, 4.69) is 234 Å². The first kappa shape index (κ1) is 35.2. The second-order valence-electron chi connectivity index (χ2n) is 15.9. The summed E-state index contributed by atoms with van der Waals surface area (Å²) in [6, 6.07) is 81.6. The molecule has 0 amide bonds. The summed E-state index contributed by atoms with van der Waals surface area (Å²) in [4.78, 5) is 0. The van der Waals surface area contributed by atoms with E-state index in [1.807, 2.05) is 0 Å². The highest BCUT2D eigenvalue weighted by molar-refractivity contribution is 7.20. The van der Waals surface area contributed by atoms with Crippen molar-refractivity contribution in [2.24, 2.45) is 0 Å². The van der Waals surface area contributed by atoms with Crippen molar-refractivity contribution in [1.29, 1.82) is 0 Å². The van der Waals surface area contributed by atoms with Gasteiger partial charge in [0.15, 0.2) is 13.7 Å². The van der Waals surface area contributed by atoms with Gasteiger partial charge < -0.3 is 8.98 Å². The second-order valence-corrected chi connectivity index (χ2v) is 19.7. The highest BCUT2D eigenvalue weighted by Crippen LogP contribution is 2.40. The molecule has 288 valence electrons. The Bertz CT molecular complexity index is 3460. The molecule has 9 aromatic carbocycles.